The van der Waals surface area contributed by atoms with Crippen LogP contribution >= 0.6 is 11.6 Å². The van der Waals surface area contributed by atoms with Gasteiger partial charge < -0.3 is 4.74 Å². The summed E-state index contributed by atoms with van der Waals surface area (Å²) >= 11 is 5.62. The van der Waals surface area contributed by atoms with Crippen molar-refractivity contribution < 1.29 is 31.1 Å². The molecule has 0 N–H and O–H groups in total. The maximum atomic E-state index is 13.2. The average Bonchev–Trinajstić information content (AvgIpc) is 2.44. The molecule has 2 aromatic heterocycles. The molecular weight excluding hydrogens is 364 g/mol. The van der Waals surface area contributed by atoms with Crippen LogP contribution in [0.4, 0.5) is 26.3 Å². The van der Waals surface area contributed by atoms with Gasteiger partial charge in [0.15, 0.2) is 5.15 Å². The summed E-state index contributed by atoms with van der Waals surface area (Å²) in [6.45, 7) is -2.79. The molecular formula is C13H8ClF6N3O. The summed E-state index contributed by atoms with van der Waals surface area (Å²) in [4.78, 5) is 10.3. The molecule has 0 spiro atoms. The summed E-state index contributed by atoms with van der Waals surface area (Å²) in [6, 6.07) is 1.84. The summed E-state index contributed by atoms with van der Waals surface area (Å²) < 4.78 is 80.7. The monoisotopic (exact) mass is 371 g/mol. The van der Waals surface area contributed by atoms with Crippen molar-refractivity contribution in [2.75, 3.05) is 0 Å². The normalized spacial score (nSPS) is 12.1. The Bertz CT molecular complexity index is 738. The molecule has 0 saturated heterocycles. The minimum Gasteiger partial charge on any atom is -0.416 e. The first kappa shape index (κ1) is 18.2. The van der Waals surface area contributed by atoms with Gasteiger partial charge in [0.1, 0.15) is 11.4 Å². The highest BCUT2D eigenvalue weighted by Gasteiger charge is 2.30. The summed E-state index contributed by atoms with van der Waals surface area (Å²) in [5.41, 5.74) is -2.11. The lowest BCUT2D eigenvalue weighted by molar-refractivity contribution is -0.0528. The number of ether oxygens (including phenoxy) is 1. The third-order valence-corrected chi connectivity index (χ3v) is 2.99. The quantitative estimate of drug-likeness (QED) is 0.705. The maximum absolute atomic E-state index is 13.2. The predicted octanol–water partition coefficient (Wildman–Crippen LogP) is 4.84. The van der Waals surface area contributed by atoms with Gasteiger partial charge >= 0.3 is 6.61 Å². The van der Waals surface area contributed by atoms with Gasteiger partial charge in [-0.25, -0.2) is 23.7 Å². The molecule has 0 bridgehead atoms. The fourth-order valence-electron chi connectivity index (χ4n) is 1.74. The zero-order valence-electron chi connectivity index (χ0n) is 11.8. The second-order valence-electron chi connectivity index (χ2n) is 4.55. The molecule has 0 unspecified atom stereocenters. The first-order chi connectivity index (χ1) is 11.1. The fraction of sp³-hybridized carbons (Fsp3) is 0.308. The van der Waals surface area contributed by atoms with E-state index in [0.717, 1.165) is 18.3 Å². The van der Waals surface area contributed by atoms with Crippen LogP contribution in [0.1, 0.15) is 24.7 Å². The molecule has 0 aliphatic heterocycles. The highest BCUT2D eigenvalue weighted by atomic mass is 35.5. The largest absolute Gasteiger partial charge is 0.416 e. The molecule has 11 heteroatoms. The van der Waals surface area contributed by atoms with Crippen molar-refractivity contribution in [1.29, 1.82) is 0 Å². The van der Waals surface area contributed by atoms with E-state index in [2.05, 4.69) is 19.7 Å². The topological polar surface area (TPSA) is 47.9 Å². The lowest BCUT2D eigenvalue weighted by Gasteiger charge is -2.13. The Balaban J connectivity index is 2.53. The molecule has 0 aliphatic rings. The Hall–Kier alpha value is -2.10. The van der Waals surface area contributed by atoms with Crippen LogP contribution in [-0.2, 0) is 5.92 Å². The molecule has 4 nitrogen and oxygen atoms in total. The Labute approximate surface area is 136 Å². The Morgan fingerprint density at radius 1 is 1.12 bits per heavy atom. The molecule has 0 fully saturated rings. The average molecular weight is 372 g/mol. The van der Waals surface area contributed by atoms with E-state index in [0.29, 0.717) is 6.92 Å². The molecule has 2 heterocycles. The smallest absolute Gasteiger partial charge is 0.388 e. The zero-order valence-corrected chi connectivity index (χ0v) is 12.5. The van der Waals surface area contributed by atoms with Crippen LogP contribution in [0.5, 0.6) is 5.88 Å². The van der Waals surface area contributed by atoms with Crippen molar-refractivity contribution in [3.8, 4) is 17.1 Å². The number of hydrogen-bond donors (Lipinski definition) is 0. The van der Waals surface area contributed by atoms with E-state index in [4.69, 9.17) is 11.6 Å². The summed E-state index contributed by atoms with van der Waals surface area (Å²) in [5, 5.41) is -0.666. The number of aromatic nitrogens is 3. The molecule has 0 saturated carbocycles. The number of halogens is 7. The number of hydrogen-bond acceptors (Lipinski definition) is 4. The molecule has 2 aromatic rings. The van der Waals surface area contributed by atoms with Gasteiger partial charge in [-0.15, -0.1) is 0 Å². The van der Waals surface area contributed by atoms with Gasteiger partial charge in [0.25, 0.3) is 12.3 Å². The van der Waals surface area contributed by atoms with Crippen molar-refractivity contribution in [3.63, 3.8) is 0 Å². The second kappa shape index (κ2) is 6.80. The minimum atomic E-state index is -3.37. The Morgan fingerprint density at radius 3 is 2.29 bits per heavy atom. The van der Waals surface area contributed by atoms with Crippen molar-refractivity contribution in [2.24, 2.45) is 0 Å². The summed E-state index contributed by atoms with van der Waals surface area (Å²) in [5.74, 6) is -4.22. The van der Waals surface area contributed by atoms with Gasteiger partial charge in [-0.2, -0.15) is 17.6 Å². The van der Waals surface area contributed by atoms with Crippen molar-refractivity contribution in [2.45, 2.75) is 25.9 Å². The fourth-order valence-corrected chi connectivity index (χ4v) is 2.04. The zero-order chi connectivity index (χ0) is 18.1. The third kappa shape index (κ3) is 4.05. The molecule has 24 heavy (non-hydrogen) atoms. The molecule has 0 amide bonds. The molecule has 0 atom stereocenters. The number of alkyl halides is 6. The lowest BCUT2D eigenvalue weighted by atomic mass is 10.2. The lowest BCUT2D eigenvalue weighted by Crippen LogP contribution is -2.12. The summed E-state index contributed by atoms with van der Waals surface area (Å²) in [7, 11) is 0. The minimum absolute atomic E-state index is 0.239. The van der Waals surface area contributed by atoms with E-state index in [1.165, 1.54) is 0 Å². The SMILES string of the molecule is CC(F)(F)c1ncc(-c2ccc(C(F)F)nc2OC(F)F)nc1Cl. The summed E-state index contributed by atoms with van der Waals surface area (Å²) in [6.07, 6.45) is -2.19. The number of rotatable bonds is 5. The van der Waals surface area contributed by atoms with Crippen LogP contribution in [0.25, 0.3) is 11.3 Å². The molecule has 0 aromatic carbocycles. The van der Waals surface area contributed by atoms with Crippen molar-refractivity contribution in [3.05, 3.63) is 34.9 Å². The highest BCUT2D eigenvalue weighted by molar-refractivity contribution is 6.30. The highest BCUT2D eigenvalue weighted by Crippen LogP contribution is 2.34. The van der Waals surface area contributed by atoms with Gasteiger partial charge in [0.2, 0.25) is 5.88 Å². The van der Waals surface area contributed by atoms with Crippen LogP contribution in [0.2, 0.25) is 5.15 Å². The van der Waals surface area contributed by atoms with E-state index in [9.17, 15) is 26.3 Å². The van der Waals surface area contributed by atoms with Crippen molar-refractivity contribution >= 4 is 11.6 Å². The van der Waals surface area contributed by atoms with Crippen LogP contribution in [0, 0.1) is 0 Å². The van der Waals surface area contributed by atoms with Gasteiger partial charge in [0.05, 0.1) is 17.5 Å². The number of nitrogens with zero attached hydrogens (tertiary/aromatic N) is 3. The van der Waals surface area contributed by atoms with E-state index in [1.54, 1.807) is 0 Å². The Kier molecular flexibility index (Phi) is 5.16. The molecule has 2 rings (SSSR count). The number of pyridine rings is 1. The first-order valence-electron chi connectivity index (χ1n) is 6.24. The first-order valence-corrected chi connectivity index (χ1v) is 6.62. The standard InChI is InChI=1S/C13H8ClF6N3O/c1-13(19,20)8-9(14)22-7(4-21-8)5-2-3-6(10(15)16)23-11(5)24-12(17)18/h2-4,10,12H,1H3. The predicted molar refractivity (Wildman–Crippen MR) is 71.4 cm³/mol. The van der Waals surface area contributed by atoms with Crippen LogP contribution in [0.15, 0.2) is 18.3 Å². The van der Waals surface area contributed by atoms with Crippen molar-refractivity contribution in [1.82, 2.24) is 15.0 Å². The second-order valence-corrected chi connectivity index (χ2v) is 4.91. The third-order valence-electron chi connectivity index (χ3n) is 2.73. The van der Waals surface area contributed by atoms with Gasteiger partial charge in [0, 0.05) is 6.92 Å². The molecule has 130 valence electrons. The van der Waals surface area contributed by atoms with Gasteiger partial charge in [-0.1, -0.05) is 11.6 Å². The van der Waals surface area contributed by atoms with E-state index < -0.39 is 41.4 Å². The van der Waals surface area contributed by atoms with Crippen LogP contribution in [0.3, 0.4) is 0 Å². The maximum Gasteiger partial charge on any atom is 0.388 e. The van der Waals surface area contributed by atoms with Gasteiger partial charge in [-0.05, 0) is 12.1 Å². The van der Waals surface area contributed by atoms with Gasteiger partial charge in [-0.3, -0.25) is 0 Å². The van der Waals surface area contributed by atoms with E-state index >= 15 is 0 Å². The van der Waals surface area contributed by atoms with Crippen LogP contribution < -0.4 is 4.74 Å². The van der Waals surface area contributed by atoms with E-state index in [1.807, 2.05) is 0 Å². The molecule has 0 radical (unpaired) electrons. The molecule has 0 aliphatic carbocycles. The Morgan fingerprint density at radius 2 is 1.79 bits per heavy atom. The van der Waals surface area contributed by atoms with Crippen LogP contribution in [-0.4, -0.2) is 21.6 Å². The van der Waals surface area contributed by atoms with E-state index in [-0.39, 0.29) is 11.3 Å².